The highest BCUT2D eigenvalue weighted by Crippen LogP contribution is 2.30. The number of fused-ring (bicyclic) bond motifs is 2. The van der Waals surface area contributed by atoms with Gasteiger partial charge in [0.25, 0.3) is 0 Å². The van der Waals surface area contributed by atoms with E-state index in [2.05, 4.69) is 49.9 Å². The SMILES string of the molecule is COCCOCc1cccn2nc(-c3ccc4c(c3)c(C(C)C)cn4C)nc12. The van der Waals surface area contributed by atoms with Crippen molar-refractivity contribution in [3.05, 3.63) is 53.9 Å². The Morgan fingerprint density at radius 3 is 2.79 bits per heavy atom. The summed E-state index contributed by atoms with van der Waals surface area (Å²) < 4.78 is 14.7. The van der Waals surface area contributed by atoms with Gasteiger partial charge < -0.3 is 14.0 Å². The Balaban J connectivity index is 1.72. The molecule has 3 heterocycles. The molecular formula is C22H26N4O2. The van der Waals surface area contributed by atoms with Crippen LogP contribution in [-0.4, -0.2) is 39.5 Å². The number of hydrogen-bond acceptors (Lipinski definition) is 4. The third-order valence-electron chi connectivity index (χ3n) is 5.03. The molecule has 0 N–H and O–H groups in total. The van der Waals surface area contributed by atoms with Crippen LogP contribution in [0.4, 0.5) is 0 Å². The number of hydrogen-bond donors (Lipinski definition) is 0. The van der Waals surface area contributed by atoms with Crippen LogP contribution in [0.15, 0.2) is 42.7 Å². The summed E-state index contributed by atoms with van der Waals surface area (Å²) in [6.45, 7) is 6.07. The van der Waals surface area contributed by atoms with Crippen LogP contribution in [0, 0.1) is 0 Å². The second-order valence-corrected chi connectivity index (χ2v) is 7.36. The first-order chi connectivity index (χ1) is 13.6. The molecule has 1 aromatic carbocycles. The topological polar surface area (TPSA) is 53.6 Å². The minimum absolute atomic E-state index is 0.462. The number of ether oxygens (including phenoxy) is 2. The number of benzene rings is 1. The van der Waals surface area contributed by atoms with Crippen molar-refractivity contribution in [2.75, 3.05) is 20.3 Å². The lowest BCUT2D eigenvalue weighted by Crippen LogP contribution is -2.03. The van der Waals surface area contributed by atoms with Crippen LogP contribution in [0.1, 0.15) is 30.9 Å². The Bertz CT molecular complexity index is 1110. The summed E-state index contributed by atoms with van der Waals surface area (Å²) in [5.41, 5.74) is 5.43. The van der Waals surface area contributed by atoms with Crippen molar-refractivity contribution in [3.8, 4) is 11.4 Å². The zero-order valence-corrected chi connectivity index (χ0v) is 16.8. The molecule has 0 spiro atoms. The normalized spacial score (nSPS) is 11.9. The quantitative estimate of drug-likeness (QED) is 0.453. The summed E-state index contributed by atoms with van der Waals surface area (Å²) in [4.78, 5) is 4.80. The predicted octanol–water partition coefficient (Wildman–Crippen LogP) is 4.17. The van der Waals surface area contributed by atoms with E-state index in [0.717, 1.165) is 22.6 Å². The van der Waals surface area contributed by atoms with Crippen LogP contribution >= 0.6 is 0 Å². The van der Waals surface area contributed by atoms with E-state index in [-0.39, 0.29) is 0 Å². The molecule has 0 saturated heterocycles. The van der Waals surface area contributed by atoms with Gasteiger partial charge in [0.2, 0.25) is 0 Å². The van der Waals surface area contributed by atoms with Gasteiger partial charge in [-0.2, -0.15) is 0 Å². The summed E-state index contributed by atoms with van der Waals surface area (Å²) in [5, 5.41) is 5.96. The number of methoxy groups -OCH3 is 1. The first-order valence-corrected chi connectivity index (χ1v) is 9.58. The molecule has 6 heteroatoms. The molecule has 4 rings (SSSR count). The third kappa shape index (κ3) is 3.41. The van der Waals surface area contributed by atoms with E-state index in [1.807, 2.05) is 22.8 Å². The first-order valence-electron chi connectivity index (χ1n) is 9.58. The molecule has 146 valence electrons. The fourth-order valence-corrected chi connectivity index (χ4v) is 3.54. The Hall–Kier alpha value is -2.70. The highest BCUT2D eigenvalue weighted by atomic mass is 16.5. The summed E-state index contributed by atoms with van der Waals surface area (Å²) in [7, 11) is 3.76. The average Bonchev–Trinajstić information content (AvgIpc) is 3.27. The van der Waals surface area contributed by atoms with Gasteiger partial charge in [-0.05, 0) is 35.7 Å². The van der Waals surface area contributed by atoms with Gasteiger partial charge >= 0.3 is 0 Å². The van der Waals surface area contributed by atoms with Gasteiger partial charge in [-0.3, -0.25) is 0 Å². The number of nitrogens with zero attached hydrogens (tertiary/aromatic N) is 4. The number of aryl methyl sites for hydroxylation is 1. The fraction of sp³-hybridized carbons (Fsp3) is 0.364. The molecule has 0 aliphatic heterocycles. The molecule has 6 nitrogen and oxygen atoms in total. The van der Waals surface area contributed by atoms with Crippen molar-refractivity contribution in [2.24, 2.45) is 7.05 Å². The van der Waals surface area contributed by atoms with Gasteiger partial charge in [0.1, 0.15) is 0 Å². The molecule has 0 amide bonds. The van der Waals surface area contributed by atoms with Gasteiger partial charge in [-0.15, -0.1) is 5.10 Å². The largest absolute Gasteiger partial charge is 0.382 e. The summed E-state index contributed by atoms with van der Waals surface area (Å²) in [6, 6.07) is 10.4. The van der Waals surface area contributed by atoms with Crippen molar-refractivity contribution in [3.63, 3.8) is 0 Å². The second kappa shape index (κ2) is 7.73. The summed E-state index contributed by atoms with van der Waals surface area (Å²) in [6.07, 6.45) is 4.14. The molecule has 0 atom stereocenters. The van der Waals surface area contributed by atoms with Crippen molar-refractivity contribution in [2.45, 2.75) is 26.4 Å². The van der Waals surface area contributed by atoms with Gasteiger partial charge in [0, 0.05) is 48.6 Å². The van der Waals surface area contributed by atoms with Crippen molar-refractivity contribution < 1.29 is 9.47 Å². The minimum atomic E-state index is 0.462. The van der Waals surface area contributed by atoms with Crippen molar-refractivity contribution in [1.29, 1.82) is 0 Å². The molecule has 28 heavy (non-hydrogen) atoms. The average molecular weight is 378 g/mol. The smallest absolute Gasteiger partial charge is 0.182 e. The lowest BCUT2D eigenvalue weighted by atomic mass is 10.0. The van der Waals surface area contributed by atoms with Gasteiger partial charge in [0.05, 0.1) is 19.8 Å². The lowest BCUT2D eigenvalue weighted by Gasteiger charge is -2.04. The van der Waals surface area contributed by atoms with E-state index in [0.29, 0.717) is 25.7 Å². The van der Waals surface area contributed by atoms with Crippen LogP contribution in [0.2, 0.25) is 0 Å². The van der Waals surface area contributed by atoms with Gasteiger partial charge in [-0.1, -0.05) is 19.9 Å². The number of pyridine rings is 1. The predicted molar refractivity (Wildman–Crippen MR) is 111 cm³/mol. The van der Waals surface area contributed by atoms with E-state index >= 15 is 0 Å². The Labute approximate surface area is 164 Å². The van der Waals surface area contributed by atoms with E-state index in [9.17, 15) is 0 Å². The molecular weight excluding hydrogens is 352 g/mol. The number of rotatable bonds is 7. The zero-order chi connectivity index (χ0) is 19.7. The van der Waals surface area contributed by atoms with Gasteiger partial charge in [-0.25, -0.2) is 9.50 Å². The molecule has 3 aromatic heterocycles. The molecule has 0 bridgehead atoms. The maximum atomic E-state index is 5.68. The molecule has 4 aromatic rings. The van der Waals surface area contributed by atoms with Crippen LogP contribution in [-0.2, 0) is 23.1 Å². The van der Waals surface area contributed by atoms with E-state index in [1.165, 1.54) is 16.5 Å². The molecule has 0 aliphatic carbocycles. The van der Waals surface area contributed by atoms with Crippen molar-refractivity contribution in [1.82, 2.24) is 19.2 Å². The van der Waals surface area contributed by atoms with Crippen LogP contribution < -0.4 is 0 Å². The van der Waals surface area contributed by atoms with E-state index in [4.69, 9.17) is 19.6 Å². The molecule has 0 aliphatic rings. The Morgan fingerprint density at radius 1 is 1.14 bits per heavy atom. The van der Waals surface area contributed by atoms with Crippen LogP contribution in [0.5, 0.6) is 0 Å². The summed E-state index contributed by atoms with van der Waals surface area (Å²) >= 11 is 0. The Kier molecular flexibility index (Phi) is 5.15. The Morgan fingerprint density at radius 2 is 2.00 bits per heavy atom. The maximum Gasteiger partial charge on any atom is 0.182 e. The van der Waals surface area contributed by atoms with E-state index < -0.39 is 0 Å². The molecule has 0 fully saturated rings. The molecule has 0 saturated carbocycles. The third-order valence-corrected chi connectivity index (χ3v) is 5.03. The minimum Gasteiger partial charge on any atom is -0.382 e. The first kappa shape index (κ1) is 18.7. The number of aromatic nitrogens is 4. The standard InChI is InChI=1S/C22H26N4O2/c1-15(2)19-13-25(3)20-8-7-16(12-18(19)20)21-23-22-17(14-28-11-10-27-4)6-5-9-26(22)24-21/h5-9,12-13,15H,10-11,14H2,1-4H3. The van der Waals surface area contributed by atoms with Crippen LogP contribution in [0.3, 0.4) is 0 Å². The molecule has 0 unspecified atom stereocenters. The highest BCUT2D eigenvalue weighted by Gasteiger charge is 2.14. The summed E-state index contributed by atoms with van der Waals surface area (Å²) in [5.74, 6) is 1.19. The molecule has 0 radical (unpaired) electrons. The van der Waals surface area contributed by atoms with Crippen molar-refractivity contribution >= 4 is 16.6 Å². The fourth-order valence-electron chi connectivity index (χ4n) is 3.54. The highest BCUT2D eigenvalue weighted by molar-refractivity contribution is 5.88. The lowest BCUT2D eigenvalue weighted by molar-refractivity contribution is 0.0619. The second-order valence-electron chi connectivity index (χ2n) is 7.36. The zero-order valence-electron chi connectivity index (χ0n) is 16.8. The maximum absolute atomic E-state index is 5.68. The monoisotopic (exact) mass is 378 g/mol. The van der Waals surface area contributed by atoms with Gasteiger partial charge in [0.15, 0.2) is 11.5 Å². The van der Waals surface area contributed by atoms with E-state index in [1.54, 1.807) is 7.11 Å². The van der Waals surface area contributed by atoms with Crippen LogP contribution in [0.25, 0.3) is 27.9 Å².